The molecule has 1 fully saturated rings. The highest BCUT2D eigenvalue weighted by atomic mass is 127. The zero-order valence-electron chi connectivity index (χ0n) is 17.2. The van der Waals surface area contributed by atoms with Crippen LogP contribution in [0.5, 0.6) is 0 Å². The molecule has 8 heteroatoms. The van der Waals surface area contributed by atoms with Gasteiger partial charge in [-0.2, -0.15) is 0 Å². The Balaban J connectivity index is 0.00000392. The number of benzene rings is 1. The zero-order chi connectivity index (χ0) is 19.9. The van der Waals surface area contributed by atoms with E-state index in [1.54, 1.807) is 14.1 Å². The van der Waals surface area contributed by atoms with Gasteiger partial charge in [0.2, 0.25) is 5.91 Å². The highest BCUT2D eigenvalue weighted by Crippen LogP contribution is 2.15. The summed E-state index contributed by atoms with van der Waals surface area (Å²) in [5.41, 5.74) is 0.627. The fourth-order valence-electron chi connectivity index (χ4n) is 3.19. The fraction of sp³-hybridized carbons (Fsp3) is 0.600. The first-order valence-electron chi connectivity index (χ1n) is 9.50. The number of piperidine rings is 1. The molecule has 1 aromatic carbocycles. The summed E-state index contributed by atoms with van der Waals surface area (Å²) >= 11 is 0. The van der Waals surface area contributed by atoms with Crippen LogP contribution in [0, 0.1) is 11.2 Å². The first-order chi connectivity index (χ1) is 12.8. The Labute approximate surface area is 184 Å². The van der Waals surface area contributed by atoms with Gasteiger partial charge in [0, 0.05) is 46.3 Å². The first-order valence-corrected chi connectivity index (χ1v) is 9.50. The summed E-state index contributed by atoms with van der Waals surface area (Å²) in [6, 6.07) is 7.07. The highest BCUT2D eigenvalue weighted by molar-refractivity contribution is 14.0. The minimum atomic E-state index is -0.509. The lowest BCUT2D eigenvalue weighted by Crippen LogP contribution is -2.51. The Morgan fingerprint density at radius 1 is 1.25 bits per heavy atom. The van der Waals surface area contributed by atoms with Crippen molar-refractivity contribution in [1.29, 1.82) is 0 Å². The number of aliphatic imine (C=N–C) groups is 1. The van der Waals surface area contributed by atoms with Crippen molar-refractivity contribution >= 4 is 35.8 Å². The summed E-state index contributed by atoms with van der Waals surface area (Å²) in [6.45, 7) is 7.13. The van der Waals surface area contributed by atoms with E-state index in [9.17, 15) is 9.18 Å². The van der Waals surface area contributed by atoms with Crippen molar-refractivity contribution in [3.63, 3.8) is 0 Å². The third-order valence-electron chi connectivity index (χ3n) is 5.01. The molecule has 2 rings (SSSR count). The van der Waals surface area contributed by atoms with Crippen LogP contribution in [-0.4, -0.2) is 56.5 Å². The van der Waals surface area contributed by atoms with E-state index in [-0.39, 0.29) is 35.7 Å². The minimum absolute atomic E-state index is 0. The van der Waals surface area contributed by atoms with Crippen molar-refractivity contribution in [3.05, 3.63) is 35.6 Å². The van der Waals surface area contributed by atoms with Crippen LogP contribution in [0.2, 0.25) is 0 Å². The van der Waals surface area contributed by atoms with Gasteiger partial charge in [0.25, 0.3) is 0 Å². The maximum absolute atomic E-state index is 13.0. The lowest BCUT2D eigenvalue weighted by atomic mass is 9.92. The van der Waals surface area contributed by atoms with E-state index in [4.69, 9.17) is 0 Å². The molecule has 0 bridgehead atoms. The van der Waals surface area contributed by atoms with Gasteiger partial charge in [-0.3, -0.25) is 14.7 Å². The normalized spacial score (nSPS) is 16.2. The summed E-state index contributed by atoms with van der Waals surface area (Å²) in [6.07, 6.45) is 2.03. The van der Waals surface area contributed by atoms with Crippen LogP contribution in [0.3, 0.4) is 0 Å². The second kappa shape index (κ2) is 11.5. The molecule has 28 heavy (non-hydrogen) atoms. The van der Waals surface area contributed by atoms with Crippen LogP contribution in [0.25, 0.3) is 0 Å². The van der Waals surface area contributed by atoms with Gasteiger partial charge in [0.1, 0.15) is 5.82 Å². The smallest absolute Gasteiger partial charge is 0.227 e. The van der Waals surface area contributed by atoms with Crippen molar-refractivity contribution in [2.75, 3.05) is 33.7 Å². The summed E-state index contributed by atoms with van der Waals surface area (Å²) in [5, 5.41) is 9.41. The molecule has 0 radical (unpaired) electrons. The van der Waals surface area contributed by atoms with Crippen LogP contribution in [0.4, 0.5) is 4.39 Å². The third-order valence-corrected chi connectivity index (χ3v) is 5.01. The average Bonchev–Trinajstić information content (AvgIpc) is 2.67. The molecular weight excluding hydrogens is 472 g/mol. The largest absolute Gasteiger partial charge is 0.359 e. The number of carbonyl (C=O) groups is 1. The number of nitrogens with zero attached hydrogens (tertiary/aromatic N) is 2. The molecule has 0 aliphatic carbocycles. The molecule has 1 aliphatic rings. The molecule has 0 spiro atoms. The van der Waals surface area contributed by atoms with Crippen LogP contribution >= 0.6 is 24.0 Å². The number of halogens is 2. The topological polar surface area (TPSA) is 68.8 Å². The molecule has 0 unspecified atom stereocenters. The first kappa shape index (κ1) is 24.6. The summed E-state index contributed by atoms with van der Waals surface area (Å²) in [7, 11) is 3.39. The molecule has 6 nitrogen and oxygen atoms in total. The zero-order valence-corrected chi connectivity index (χ0v) is 19.5. The monoisotopic (exact) mass is 505 g/mol. The van der Waals surface area contributed by atoms with E-state index < -0.39 is 5.41 Å². The van der Waals surface area contributed by atoms with Crippen molar-refractivity contribution in [2.45, 2.75) is 39.3 Å². The highest BCUT2D eigenvalue weighted by Gasteiger charge is 2.27. The van der Waals surface area contributed by atoms with E-state index >= 15 is 0 Å². The SMILES string of the molecule is CN=C(NCC(C)(C)C(=O)NC)NC1CCN(Cc2ccc(F)cc2)CC1.I. The van der Waals surface area contributed by atoms with E-state index in [0.29, 0.717) is 12.6 Å². The Morgan fingerprint density at radius 3 is 2.39 bits per heavy atom. The van der Waals surface area contributed by atoms with Crippen LogP contribution in [0.15, 0.2) is 29.3 Å². The van der Waals surface area contributed by atoms with E-state index in [0.717, 1.165) is 44.0 Å². The standard InChI is InChI=1S/C20H32FN5O.HI/c1-20(2,18(27)22-3)14-24-19(23-4)25-17-9-11-26(12-10-17)13-15-5-7-16(21)8-6-15;/h5-8,17H,9-14H2,1-4H3,(H,22,27)(H2,23,24,25);1H. The molecular formula is C20H33FIN5O. The van der Waals surface area contributed by atoms with Gasteiger partial charge in [-0.1, -0.05) is 12.1 Å². The lowest BCUT2D eigenvalue weighted by Gasteiger charge is -2.33. The van der Waals surface area contributed by atoms with Crippen molar-refractivity contribution in [3.8, 4) is 0 Å². The van der Waals surface area contributed by atoms with Gasteiger partial charge < -0.3 is 16.0 Å². The maximum atomic E-state index is 13.0. The molecule has 0 atom stereocenters. The second-order valence-electron chi connectivity index (χ2n) is 7.71. The second-order valence-corrected chi connectivity index (χ2v) is 7.71. The molecule has 158 valence electrons. The van der Waals surface area contributed by atoms with Crippen molar-refractivity contribution in [2.24, 2.45) is 10.4 Å². The van der Waals surface area contributed by atoms with E-state index in [1.807, 2.05) is 26.0 Å². The number of likely N-dealkylation sites (tertiary alicyclic amines) is 1. The Hall–Kier alpha value is -1.42. The molecule has 1 aliphatic heterocycles. The molecule has 0 saturated carbocycles. The quantitative estimate of drug-likeness (QED) is 0.316. The number of amides is 1. The average molecular weight is 505 g/mol. The summed E-state index contributed by atoms with van der Waals surface area (Å²) in [5.74, 6) is 0.531. The number of rotatable bonds is 6. The Morgan fingerprint density at radius 2 is 1.86 bits per heavy atom. The van der Waals surface area contributed by atoms with Crippen molar-refractivity contribution in [1.82, 2.24) is 20.9 Å². The van der Waals surface area contributed by atoms with Crippen LogP contribution in [-0.2, 0) is 11.3 Å². The molecule has 1 heterocycles. The van der Waals surface area contributed by atoms with Gasteiger partial charge in [-0.25, -0.2) is 4.39 Å². The molecule has 0 aromatic heterocycles. The van der Waals surface area contributed by atoms with Crippen LogP contribution < -0.4 is 16.0 Å². The molecule has 1 amide bonds. The van der Waals surface area contributed by atoms with Gasteiger partial charge in [0.15, 0.2) is 5.96 Å². The number of hydrogen-bond acceptors (Lipinski definition) is 3. The number of nitrogens with one attached hydrogen (secondary N) is 3. The van der Waals surface area contributed by atoms with Gasteiger partial charge >= 0.3 is 0 Å². The van der Waals surface area contributed by atoms with Crippen LogP contribution in [0.1, 0.15) is 32.3 Å². The molecule has 1 saturated heterocycles. The number of hydrogen-bond donors (Lipinski definition) is 3. The predicted octanol–water partition coefficient (Wildman–Crippen LogP) is 2.35. The predicted molar refractivity (Wildman–Crippen MR) is 122 cm³/mol. The van der Waals surface area contributed by atoms with Gasteiger partial charge in [-0.15, -0.1) is 24.0 Å². The Kier molecular flexibility index (Phi) is 10.2. The lowest BCUT2D eigenvalue weighted by molar-refractivity contribution is -0.128. The van der Waals surface area contributed by atoms with Gasteiger partial charge in [0.05, 0.1) is 5.41 Å². The minimum Gasteiger partial charge on any atom is -0.359 e. The van der Waals surface area contributed by atoms with Crippen molar-refractivity contribution < 1.29 is 9.18 Å². The Bertz CT molecular complexity index is 643. The van der Waals surface area contributed by atoms with E-state index in [1.165, 1.54) is 12.1 Å². The van der Waals surface area contributed by atoms with Gasteiger partial charge in [-0.05, 0) is 44.4 Å². The summed E-state index contributed by atoms with van der Waals surface area (Å²) < 4.78 is 13.0. The fourth-order valence-corrected chi connectivity index (χ4v) is 3.19. The number of guanidine groups is 1. The van der Waals surface area contributed by atoms with E-state index in [2.05, 4.69) is 25.8 Å². The molecule has 3 N–H and O–H groups in total. The third kappa shape index (κ3) is 7.54. The number of carbonyl (C=O) groups excluding carboxylic acids is 1. The maximum Gasteiger partial charge on any atom is 0.227 e. The summed E-state index contributed by atoms with van der Waals surface area (Å²) in [4.78, 5) is 18.6. The molecule has 1 aromatic rings.